The summed E-state index contributed by atoms with van der Waals surface area (Å²) in [5, 5.41) is 18.7. The average Bonchev–Trinajstić information content (AvgIpc) is 2.65. The quantitative estimate of drug-likeness (QED) is 0.406. The molecule has 0 bridgehead atoms. The van der Waals surface area contributed by atoms with Crippen LogP contribution in [0, 0.1) is 17.6 Å². The lowest BCUT2D eigenvalue weighted by Crippen LogP contribution is -2.24. The zero-order chi connectivity index (χ0) is 18.5. The summed E-state index contributed by atoms with van der Waals surface area (Å²) in [6.07, 6.45) is 4.59. The summed E-state index contributed by atoms with van der Waals surface area (Å²) in [5.41, 5.74) is 3.58. The summed E-state index contributed by atoms with van der Waals surface area (Å²) in [6, 6.07) is 10.8. The standard InChI is InChI=1S/C20H22F2N2O2/c21-18-10-7-16(12-19(18)22)23-20(24-26)11-13-1-3-14(4-2-13)15-5-8-17(25)9-6-15/h5-10,12-14,25-26H,1-4,11H2,(H,23,24). The molecular formula is C20H22F2N2O2. The maximum Gasteiger partial charge on any atom is 0.160 e. The molecule has 0 radical (unpaired) electrons. The third-order valence-corrected chi connectivity index (χ3v) is 4.99. The van der Waals surface area contributed by atoms with Crippen molar-refractivity contribution in [1.29, 1.82) is 0 Å². The van der Waals surface area contributed by atoms with Gasteiger partial charge in [-0.1, -0.05) is 12.1 Å². The van der Waals surface area contributed by atoms with Crippen molar-refractivity contribution in [3.05, 3.63) is 59.7 Å². The Bertz CT molecular complexity index is 770. The van der Waals surface area contributed by atoms with Crippen molar-refractivity contribution in [3.63, 3.8) is 0 Å². The van der Waals surface area contributed by atoms with Crippen molar-refractivity contribution in [2.45, 2.75) is 38.0 Å². The second-order valence-corrected chi connectivity index (χ2v) is 6.78. The van der Waals surface area contributed by atoms with Crippen molar-refractivity contribution in [3.8, 4) is 5.75 Å². The van der Waals surface area contributed by atoms with Gasteiger partial charge in [0.15, 0.2) is 11.6 Å². The first-order valence-electron chi connectivity index (χ1n) is 8.77. The van der Waals surface area contributed by atoms with Crippen LogP contribution in [0.15, 0.2) is 47.5 Å². The summed E-state index contributed by atoms with van der Waals surface area (Å²) in [5.74, 6) is -0.417. The van der Waals surface area contributed by atoms with Gasteiger partial charge in [0, 0.05) is 12.5 Å². The zero-order valence-electron chi connectivity index (χ0n) is 14.3. The van der Waals surface area contributed by atoms with Crippen LogP contribution in [0.5, 0.6) is 5.75 Å². The number of benzene rings is 2. The summed E-state index contributed by atoms with van der Waals surface area (Å²) >= 11 is 0. The SMILES string of the molecule is ONC(CC1CCC(c2ccc(O)cc2)CC1)=Nc1ccc(F)c(F)c1. The van der Waals surface area contributed by atoms with E-state index >= 15 is 0 Å². The molecule has 0 atom stereocenters. The molecule has 0 heterocycles. The molecule has 0 saturated heterocycles. The van der Waals surface area contributed by atoms with Crippen molar-refractivity contribution in [2.24, 2.45) is 10.9 Å². The van der Waals surface area contributed by atoms with Crippen LogP contribution in [0.2, 0.25) is 0 Å². The first kappa shape index (κ1) is 18.3. The summed E-state index contributed by atoms with van der Waals surface area (Å²) < 4.78 is 26.3. The molecular weight excluding hydrogens is 338 g/mol. The molecule has 4 nitrogen and oxygen atoms in total. The van der Waals surface area contributed by atoms with Gasteiger partial charge in [-0.3, -0.25) is 10.7 Å². The predicted molar refractivity (Wildman–Crippen MR) is 95.8 cm³/mol. The number of rotatable bonds is 4. The van der Waals surface area contributed by atoms with Gasteiger partial charge in [-0.2, -0.15) is 0 Å². The number of aromatic hydroxyl groups is 1. The van der Waals surface area contributed by atoms with E-state index in [4.69, 9.17) is 0 Å². The second-order valence-electron chi connectivity index (χ2n) is 6.78. The normalized spacial score (nSPS) is 20.8. The Morgan fingerprint density at radius 2 is 1.69 bits per heavy atom. The maximum atomic E-state index is 13.3. The van der Waals surface area contributed by atoms with E-state index in [0.29, 0.717) is 24.1 Å². The van der Waals surface area contributed by atoms with E-state index < -0.39 is 11.6 Å². The van der Waals surface area contributed by atoms with Gasteiger partial charge in [-0.25, -0.2) is 13.8 Å². The molecule has 2 aromatic rings. The van der Waals surface area contributed by atoms with Crippen molar-refractivity contribution in [1.82, 2.24) is 5.48 Å². The predicted octanol–water partition coefficient (Wildman–Crippen LogP) is 5.04. The van der Waals surface area contributed by atoms with Gasteiger partial charge in [-0.15, -0.1) is 0 Å². The fraction of sp³-hybridized carbons (Fsp3) is 0.350. The number of aliphatic imine (C=N–C) groups is 1. The number of nitrogens with zero attached hydrogens (tertiary/aromatic N) is 1. The van der Waals surface area contributed by atoms with E-state index in [1.54, 1.807) is 12.1 Å². The van der Waals surface area contributed by atoms with Crippen LogP contribution in [-0.4, -0.2) is 16.1 Å². The Kier molecular flexibility index (Phi) is 5.83. The highest BCUT2D eigenvalue weighted by Gasteiger charge is 2.23. The summed E-state index contributed by atoms with van der Waals surface area (Å²) in [6.45, 7) is 0. The van der Waals surface area contributed by atoms with E-state index in [0.717, 1.165) is 37.8 Å². The lowest BCUT2D eigenvalue weighted by Gasteiger charge is -2.29. The Labute approximate surface area is 151 Å². The molecule has 2 aromatic carbocycles. The Morgan fingerprint density at radius 3 is 2.31 bits per heavy atom. The average molecular weight is 360 g/mol. The Morgan fingerprint density at radius 1 is 1.00 bits per heavy atom. The first-order valence-corrected chi connectivity index (χ1v) is 8.77. The third-order valence-electron chi connectivity index (χ3n) is 4.99. The van der Waals surface area contributed by atoms with Gasteiger partial charge in [0.25, 0.3) is 0 Å². The molecule has 0 aromatic heterocycles. The van der Waals surface area contributed by atoms with Gasteiger partial charge < -0.3 is 5.11 Å². The molecule has 1 fully saturated rings. The molecule has 6 heteroatoms. The molecule has 3 N–H and O–H groups in total. The number of hydroxylamine groups is 1. The number of nitrogens with one attached hydrogen (secondary N) is 1. The first-order chi connectivity index (χ1) is 12.5. The van der Waals surface area contributed by atoms with E-state index in [2.05, 4.69) is 10.5 Å². The molecule has 0 unspecified atom stereocenters. The van der Waals surface area contributed by atoms with Crippen LogP contribution in [-0.2, 0) is 0 Å². The molecule has 26 heavy (non-hydrogen) atoms. The van der Waals surface area contributed by atoms with Gasteiger partial charge >= 0.3 is 0 Å². The van der Waals surface area contributed by atoms with E-state index in [-0.39, 0.29) is 11.4 Å². The largest absolute Gasteiger partial charge is 0.508 e. The number of phenolic OH excluding ortho intramolecular Hbond substituents is 1. The van der Waals surface area contributed by atoms with Crippen molar-refractivity contribution in [2.75, 3.05) is 0 Å². The topological polar surface area (TPSA) is 64.8 Å². The van der Waals surface area contributed by atoms with Crippen LogP contribution in [0.25, 0.3) is 0 Å². The highest BCUT2D eigenvalue weighted by molar-refractivity contribution is 5.84. The number of amidine groups is 1. The van der Waals surface area contributed by atoms with Crippen molar-refractivity contribution < 1.29 is 19.1 Å². The van der Waals surface area contributed by atoms with E-state index in [9.17, 15) is 19.1 Å². The van der Waals surface area contributed by atoms with Crippen LogP contribution >= 0.6 is 0 Å². The maximum absolute atomic E-state index is 13.3. The Balaban J connectivity index is 1.59. The van der Waals surface area contributed by atoms with E-state index in [1.165, 1.54) is 11.6 Å². The minimum Gasteiger partial charge on any atom is -0.508 e. The fourth-order valence-electron chi connectivity index (χ4n) is 3.55. The number of hydrogen-bond acceptors (Lipinski definition) is 3. The third kappa shape index (κ3) is 4.58. The molecule has 3 rings (SSSR count). The molecule has 0 aliphatic heterocycles. The summed E-state index contributed by atoms with van der Waals surface area (Å²) in [4.78, 5) is 4.18. The molecule has 138 valence electrons. The molecule has 1 aliphatic rings. The van der Waals surface area contributed by atoms with Crippen molar-refractivity contribution >= 4 is 11.5 Å². The number of hydrogen-bond donors (Lipinski definition) is 3. The summed E-state index contributed by atoms with van der Waals surface area (Å²) in [7, 11) is 0. The number of halogens is 2. The monoisotopic (exact) mass is 360 g/mol. The smallest absolute Gasteiger partial charge is 0.160 e. The van der Waals surface area contributed by atoms with E-state index in [1.807, 2.05) is 12.1 Å². The van der Waals surface area contributed by atoms with Gasteiger partial charge in [0.05, 0.1) is 5.69 Å². The van der Waals surface area contributed by atoms with Gasteiger partial charge in [-0.05, 0) is 67.3 Å². The van der Waals surface area contributed by atoms with Crippen LogP contribution in [0.3, 0.4) is 0 Å². The minimum absolute atomic E-state index is 0.262. The van der Waals surface area contributed by atoms with Gasteiger partial charge in [0.1, 0.15) is 11.6 Å². The highest BCUT2D eigenvalue weighted by Crippen LogP contribution is 2.37. The fourth-order valence-corrected chi connectivity index (χ4v) is 3.55. The second kappa shape index (κ2) is 8.27. The number of phenols is 1. The van der Waals surface area contributed by atoms with Crippen LogP contribution < -0.4 is 5.48 Å². The molecule has 1 aliphatic carbocycles. The lowest BCUT2D eigenvalue weighted by molar-refractivity contribution is 0.226. The highest BCUT2D eigenvalue weighted by atomic mass is 19.2. The van der Waals surface area contributed by atoms with Crippen LogP contribution in [0.1, 0.15) is 43.6 Å². The zero-order valence-corrected chi connectivity index (χ0v) is 14.3. The van der Waals surface area contributed by atoms with Gasteiger partial charge in [0.2, 0.25) is 0 Å². The molecule has 0 amide bonds. The Hall–Kier alpha value is -2.47. The molecule has 1 saturated carbocycles. The lowest BCUT2D eigenvalue weighted by atomic mass is 9.77. The minimum atomic E-state index is -0.960. The van der Waals surface area contributed by atoms with Crippen LogP contribution in [0.4, 0.5) is 14.5 Å². The molecule has 0 spiro atoms.